The Morgan fingerprint density at radius 3 is 2.62 bits per heavy atom. The van der Waals surface area contributed by atoms with Gasteiger partial charge in [-0.15, -0.1) is 11.8 Å². The molecule has 0 fully saturated rings. The molecule has 0 atom stereocenters. The van der Waals surface area contributed by atoms with E-state index in [1.807, 2.05) is 13.8 Å². The van der Waals surface area contributed by atoms with Gasteiger partial charge < -0.3 is 11.1 Å². The van der Waals surface area contributed by atoms with Crippen LogP contribution >= 0.6 is 11.8 Å². The van der Waals surface area contributed by atoms with Crippen molar-refractivity contribution >= 4 is 29.3 Å². The molecule has 1 aromatic rings. The van der Waals surface area contributed by atoms with Crippen molar-refractivity contribution in [3.63, 3.8) is 0 Å². The van der Waals surface area contributed by atoms with Gasteiger partial charge in [-0.25, -0.2) is 0 Å². The number of nitro groups is 1. The highest BCUT2D eigenvalue weighted by Crippen LogP contribution is 2.29. The number of nitrogens with zero attached hydrogens (tertiary/aromatic N) is 1. The second kappa shape index (κ2) is 7.63. The molecule has 1 rings (SSSR count). The minimum atomic E-state index is -0.732. The maximum absolute atomic E-state index is 11.6. The number of rotatable bonds is 7. The van der Waals surface area contributed by atoms with E-state index in [1.54, 1.807) is 0 Å². The van der Waals surface area contributed by atoms with Crippen molar-refractivity contribution in [1.82, 2.24) is 5.32 Å². The molecular weight excluding hydrogens is 294 g/mol. The molecule has 0 spiro atoms. The molecule has 21 heavy (non-hydrogen) atoms. The van der Waals surface area contributed by atoms with Crippen LogP contribution in [0, 0.1) is 16.0 Å². The van der Waals surface area contributed by atoms with Crippen LogP contribution in [0.2, 0.25) is 0 Å². The lowest BCUT2D eigenvalue weighted by Gasteiger charge is -2.08. The number of thioether (sulfide) groups is 1. The highest BCUT2D eigenvalue weighted by Gasteiger charge is 2.17. The van der Waals surface area contributed by atoms with Crippen molar-refractivity contribution in [1.29, 1.82) is 0 Å². The molecule has 0 aliphatic carbocycles. The molecule has 0 bridgehead atoms. The van der Waals surface area contributed by atoms with Gasteiger partial charge in [0.1, 0.15) is 0 Å². The molecule has 3 N–H and O–H groups in total. The fourth-order valence-electron chi connectivity index (χ4n) is 1.45. The summed E-state index contributed by atoms with van der Waals surface area (Å²) < 4.78 is 0. The predicted molar refractivity (Wildman–Crippen MR) is 80.2 cm³/mol. The highest BCUT2D eigenvalue weighted by molar-refractivity contribution is 8.00. The Morgan fingerprint density at radius 1 is 1.43 bits per heavy atom. The first-order chi connectivity index (χ1) is 9.81. The number of amides is 2. The zero-order valence-corrected chi connectivity index (χ0v) is 12.6. The summed E-state index contributed by atoms with van der Waals surface area (Å²) in [5, 5.41) is 13.7. The van der Waals surface area contributed by atoms with E-state index in [0.717, 1.165) is 17.8 Å². The number of primary amides is 1. The van der Waals surface area contributed by atoms with Crippen LogP contribution in [-0.4, -0.2) is 29.0 Å². The normalized spacial score (nSPS) is 10.4. The molecule has 7 nitrogen and oxygen atoms in total. The topological polar surface area (TPSA) is 115 Å². The number of carbonyl (C=O) groups excluding carboxylic acids is 2. The van der Waals surface area contributed by atoms with E-state index in [9.17, 15) is 19.7 Å². The van der Waals surface area contributed by atoms with Gasteiger partial charge in [-0.05, 0) is 18.1 Å². The Kier molecular flexibility index (Phi) is 6.16. The summed E-state index contributed by atoms with van der Waals surface area (Å²) in [6, 6.07) is 3.96. The minimum absolute atomic E-state index is 0.0651. The monoisotopic (exact) mass is 311 g/mol. The second-order valence-electron chi connectivity index (χ2n) is 4.79. The third-order valence-corrected chi connectivity index (χ3v) is 3.57. The maximum Gasteiger partial charge on any atom is 0.283 e. The fraction of sp³-hybridized carbons (Fsp3) is 0.385. The summed E-state index contributed by atoms with van der Waals surface area (Å²) in [6.07, 6.45) is 0. The first-order valence-electron chi connectivity index (χ1n) is 6.29. The number of nitrogens with two attached hydrogens (primary N) is 1. The van der Waals surface area contributed by atoms with Crippen molar-refractivity contribution in [3.05, 3.63) is 33.9 Å². The molecule has 114 valence electrons. The zero-order chi connectivity index (χ0) is 16.0. The summed E-state index contributed by atoms with van der Waals surface area (Å²) in [7, 11) is 0. The lowest BCUT2D eigenvalue weighted by molar-refractivity contribution is -0.387. The van der Waals surface area contributed by atoms with Gasteiger partial charge in [-0.2, -0.15) is 0 Å². The van der Waals surface area contributed by atoms with E-state index in [1.165, 1.54) is 12.1 Å². The molecular formula is C13H17N3O4S. The summed E-state index contributed by atoms with van der Waals surface area (Å²) in [4.78, 5) is 33.4. The van der Waals surface area contributed by atoms with Gasteiger partial charge in [0, 0.05) is 18.2 Å². The molecule has 0 unspecified atom stereocenters. The van der Waals surface area contributed by atoms with Gasteiger partial charge in [-0.1, -0.05) is 13.8 Å². The summed E-state index contributed by atoms with van der Waals surface area (Å²) >= 11 is 1.05. The maximum atomic E-state index is 11.6. The Balaban J connectivity index is 2.77. The largest absolute Gasteiger partial charge is 0.366 e. The minimum Gasteiger partial charge on any atom is -0.366 e. The number of nitro benzene ring substituents is 1. The van der Waals surface area contributed by atoms with Crippen LogP contribution in [0.15, 0.2) is 23.1 Å². The van der Waals surface area contributed by atoms with Gasteiger partial charge in [0.25, 0.3) is 5.69 Å². The van der Waals surface area contributed by atoms with Crippen LogP contribution in [0.3, 0.4) is 0 Å². The smallest absolute Gasteiger partial charge is 0.283 e. The van der Waals surface area contributed by atoms with Crippen molar-refractivity contribution in [2.75, 3.05) is 12.3 Å². The molecule has 8 heteroatoms. The van der Waals surface area contributed by atoms with E-state index in [-0.39, 0.29) is 22.9 Å². The molecule has 2 amide bonds. The third-order valence-electron chi connectivity index (χ3n) is 2.51. The second-order valence-corrected chi connectivity index (χ2v) is 5.81. The summed E-state index contributed by atoms with van der Waals surface area (Å²) in [5.74, 6) is -0.516. The Morgan fingerprint density at radius 2 is 2.10 bits per heavy atom. The van der Waals surface area contributed by atoms with Crippen LogP contribution in [-0.2, 0) is 4.79 Å². The average Bonchev–Trinajstić information content (AvgIpc) is 2.42. The van der Waals surface area contributed by atoms with Crippen LogP contribution in [0.1, 0.15) is 24.2 Å². The average molecular weight is 311 g/mol. The molecule has 0 radical (unpaired) electrons. The van der Waals surface area contributed by atoms with E-state index >= 15 is 0 Å². The van der Waals surface area contributed by atoms with E-state index in [4.69, 9.17) is 5.73 Å². The first kappa shape index (κ1) is 17.0. The molecule has 0 aromatic heterocycles. The van der Waals surface area contributed by atoms with Crippen molar-refractivity contribution in [2.45, 2.75) is 18.7 Å². The molecule has 0 aliphatic heterocycles. The lowest BCUT2D eigenvalue weighted by Crippen LogP contribution is -2.28. The third kappa shape index (κ3) is 5.42. The van der Waals surface area contributed by atoms with E-state index in [0.29, 0.717) is 17.4 Å². The number of carbonyl (C=O) groups is 2. The van der Waals surface area contributed by atoms with Crippen molar-refractivity contribution in [2.24, 2.45) is 11.7 Å². The number of nitrogens with one attached hydrogen (secondary N) is 1. The van der Waals surface area contributed by atoms with Crippen LogP contribution in [0.5, 0.6) is 0 Å². The lowest BCUT2D eigenvalue weighted by atomic mass is 10.2. The van der Waals surface area contributed by atoms with Crippen LogP contribution < -0.4 is 11.1 Å². The highest BCUT2D eigenvalue weighted by atomic mass is 32.2. The summed E-state index contributed by atoms with van der Waals surface area (Å²) in [5.41, 5.74) is 4.93. The van der Waals surface area contributed by atoms with Gasteiger partial charge >= 0.3 is 0 Å². The molecule has 0 aliphatic rings. The van der Waals surface area contributed by atoms with Crippen LogP contribution in [0.4, 0.5) is 5.69 Å². The fourth-order valence-corrected chi connectivity index (χ4v) is 2.28. The standard InChI is InChI=1S/C13H17N3O4S/c1-8(2)6-15-12(17)7-21-11-4-3-9(13(14)18)5-10(11)16(19)20/h3-5,8H,6-7H2,1-2H3,(H2,14,18)(H,15,17). The Hall–Kier alpha value is -2.09. The molecule has 0 heterocycles. The molecule has 1 aromatic carbocycles. The Bertz CT molecular complexity index is 560. The SMILES string of the molecule is CC(C)CNC(=O)CSc1ccc(C(N)=O)cc1[N+](=O)[O-]. The quantitative estimate of drug-likeness (QED) is 0.450. The predicted octanol–water partition coefficient (Wildman–Crippen LogP) is 1.56. The van der Waals surface area contributed by atoms with E-state index < -0.39 is 10.8 Å². The number of benzene rings is 1. The Labute approximate surface area is 126 Å². The van der Waals surface area contributed by atoms with Gasteiger partial charge in [0.15, 0.2) is 0 Å². The molecule has 0 saturated carbocycles. The summed E-state index contributed by atoms with van der Waals surface area (Å²) in [6.45, 7) is 4.50. The van der Waals surface area contributed by atoms with Crippen molar-refractivity contribution in [3.8, 4) is 0 Å². The van der Waals surface area contributed by atoms with Gasteiger partial charge in [0.2, 0.25) is 11.8 Å². The zero-order valence-electron chi connectivity index (χ0n) is 11.8. The van der Waals surface area contributed by atoms with Crippen LogP contribution in [0.25, 0.3) is 0 Å². The molecule has 0 saturated heterocycles. The van der Waals surface area contributed by atoms with E-state index in [2.05, 4.69) is 5.32 Å². The number of hydrogen-bond acceptors (Lipinski definition) is 5. The first-order valence-corrected chi connectivity index (χ1v) is 7.27. The number of hydrogen-bond donors (Lipinski definition) is 2. The van der Waals surface area contributed by atoms with Gasteiger partial charge in [-0.3, -0.25) is 19.7 Å². The van der Waals surface area contributed by atoms with Crippen molar-refractivity contribution < 1.29 is 14.5 Å². The van der Waals surface area contributed by atoms with Gasteiger partial charge in [0.05, 0.1) is 15.6 Å².